The average molecular weight is 256 g/mol. The third kappa shape index (κ3) is 3.58. The van der Waals surface area contributed by atoms with Crippen molar-refractivity contribution in [3.8, 4) is 5.75 Å². The Morgan fingerprint density at radius 3 is 2.65 bits per heavy atom. The fourth-order valence-corrected chi connectivity index (χ4v) is 2.07. The highest BCUT2D eigenvalue weighted by Gasteiger charge is 2.15. The zero-order valence-electron chi connectivity index (χ0n) is 8.88. The van der Waals surface area contributed by atoms with E-state index in [2.05, 4.69) is 11.3 Å². The Hall–Kier alpha value is -1.86. The Labute approximate surface area is 98.8 Å². The van der Waals surface area contributed by atoms with Crippen molar-refractivity contribution in [3.05, 3.63) is 36.4 Å². The molecule has 7 heteroatoms. The molecule has 0 saturated heterocycles. The van der Waals surface area contributed by atoms with Gasteiger partial charge in [0.1, 0.15) is 5.75 Å². The Morgan fingerprint density at radius 2 is 2.12 bits per heavy atom. The molecule has 0 aliphatic carbocycles. The van der Waals surface area contributed by atoms with E-state index in [1.165, 1.54) is 18.2 Å². The SMILES string of the molecule is C=C(CNS(=O)(=O)c1cccc(O)c1)C(N)=O. The van der Waals surface area contributed by atoms with Gasteiger partial charge >= 0.3 is 0 Å². The second-order valence-corrected chi connectivity index (χ2v) is 5.06. The minimum absolute atomic E-state index is 0.0475. The van der Waals surface area contributed by atoms with Crippen molar-refractivity contribution >= 4 is 15.9 Å². The predicted molar refractivity (Wildman–Crippen MR) is 61.6 cm³/mol. The molecule has 0 atom stereocenters. The minimum Gasteiger partial charge on any atom is -0.508 e. The van der Waals surface area contributed by atoms with Gasteiger partial charge in [0.25, 0.3) is 0 Å². The molecule has 0 bridgehead atoms. The molecule has 0 heterocycles. The van der Waals surface area contributed by atoms with Crippen LogP contribution in [-0.4, -0.2) is 26.0 Å². The summed E-state index contributed by atoms with van der Waals surface area (Å²) in [5.41, 5.74) is 4.87. The number of phenolic OH excluding ortho intramolecular Hbond substituents is 1. The van der Waals surface area contributed by atoms with Crippen molar-refractivity contribution in [2.45, 2.75) is 4.90 Å². The van der Waals surface area contributed by atoms with E-state index >= 15 is 0 Å². The van der Waals surface area contributed by atoms with Crippen LogP contribution in [0.2, 0.25) is 0 Å². The van der Waals surface area contributed by atoms with E-state index in [-0.39, 0.29) is 22.8 Å². The van der Waals surface area contributed by atoms with Gasteiger partial charge in [-0.3, -0.25) is 4.79 Å². The average Bonchev–Trinajstić information content (AvgIpc) is 2.26. The van der Waals surface area contributed by atoms with Crippen LogP contribution in [-0.2, 0) is 14.8 Å². The molecule has 1 aromatic carbocycles. The zero-order valence-corrected chi connectivity index (χ0v) is 9.70. The summed E-state index contributed by atoms with van der Waals surface area (Å²) >= 11 is 0. The number of primary amides is 1. The second kappa shape index (κ2) is 4.98. The van der Waals surface area contributed by atoms with Gasteiger partial charge in [-0.25, -0.2) is 13.1 Å². The van der Waals surface area contributed by atoms with Crippen molar-refractivity contribution < 1.29 is 18.3 Å². The van der Waals surface area contributed by atoms with Crippen LogP contribution in [0.3, 0.4) is 0 Å². The van der Waals surface area contributed by atoms with Crippen molar-refractivity contribution in [1.82, 2.24) is 4.72 Å². The van der Waals surface area contributed by atoms with Gasteiger partial charge in [-0.2, -0.15) is 0 Å². The number of carbonyl (C=O) groups excluding carboxylic acids is 1. The van der Waals surface area contributed by atoms with E-state index in [0.717, 1.165) is 6.07 Å². The number of hydrogen-bond acceptors (Lipinski definition) is 4. The number of nitrogens with two attached hydrogens (primary N) is 1. The lowest BCUT2D eigenvalue weighted by atomic mass is 10.3. The fraction of sp³-hybridized carbons (Fsp3) is 0.100. The van der Waals surface area contributed by atoms with E-state index in [0.29, 0.717) is 0 Å². The van der Waals surface area contributed by atoms with Crippen LogP contribution in [0.15, 0.2) is 41.3 Å². The molecule has 0 aromatic heterocycles. The van der Waals surface area contributed by atoms with Gasteiger partial charge in [-0.1, -0.05) is 12.6 Å². The van der Waals surface area contributed by atoms with E-state index in [1.807, 2.05) is 0 Å². The van der Waals surface area contributed by atoms with Crippen molar-refractivity contribution in [2.75, 3.05) is 6.54 Å². The molecule has 4 N–H and O–H groups in total. The van der Waals surface area contributed by atoms with Crippen LogP contribution in [0.1, 0.15) is 0 Å². The zero-order chi connectivity index (χ0) is 13.1. The largest absolute Gasteiger partial charge is 0.508 e. The standard InChI is InChI=1S/C10H12N2O4S/c1-7(10(11)14)6-12-17(15,16)9-4-2-3-8(13)5-9/h2-5,12-13H,1,6H2,(H2,11,14). The van der Waals surface area contributed by atoms with Crippen LogP contribution < -0.4 is 10.5 Å². The predicted octanol–water partition coefficient (Wildman–Crippen LogP) is -0.288. The Balaban J connectivity index is 2.83. The summed E-state index contributed by atoms with van der Waals surface area (Å²) in [4.78, 5) is 10.6. The summed E-state index contributed by atoms with van der Waals surface area (Å²) in [6.07, 6.45) is 0. The summed E-state index contributed by atoms with van der Waals surface area (Å²) in [6.45, 7) is 3.05. The number of amides is 1. The van der Waals surface area contributed by atoms with Crippen LogP contribution in [0.5, 0.6) is 5.75 Å². The first-order valence-corrected chi connectivity index (χ1v) is 6.07. The smallest absolute Gasteiger partial charge is 0.245 e. The molecule has 17 heavy (non-hydrogen) atoms. The van der Waals surface area contributed by atoms with Crippen LogP contribution in [0.25, 0.3) is 0 Å². The summed E-state index contributed by atoms with van der Waals surface area (Å²) in [5, 5.41) is 9.16. The summed E-state index contributed by atoms with van der Waals surface area (Å²) < 4.78 is 25.5. The van der Waals surface area contributed by atoms with Gasteiger partial charge in [0, 0.05) is 12.1 Å². The maximum atomic E-state index is 11.7. The van der Waals surface area contributed by atoms with Crippen LogP contribution >= 0.6 is 0 Å². The molecule has 0 aliphatic heterocycles. The van der Waals surface area contributed by atoms with Crippen LogP contribution in [0.4, 0.5) is 0 Å². The number of carbonyl (C=O) groups is 1. The quantitative estimate of drug-likeness (QED) is 0.629. The number of rotatable bonds is 5. The van der Waals surface area contributed by atoms with Crippen molar-refractivity contribution in [1.29, 1.82) is 0 Å². The Kier molecular flexibility index (Phi) is 3.87. The first-order chi connectivity index (χ1) is 7.83. The molecule has 92 valence electrons. The number of aromatic hydroxyl groups is 1. The lowest BCUT2D eigenvalue weighted by Gasteiger charge is -2.07. The number of nitrogens with one attached hydrogen (secondary N) is 1. The number of hydrogen-bond donors (Lipinski definition) is 3. The maximum absolute atomic E-state index is 11.7. The van der Waals surface area contributed by atoms with E-state index < -0.39 is 15.9 Å². The number of sulfonamides is 1. The number of benzene rings is 1. The molecule has 1 amide bonds. The van der Waals surface area contributed by atoms with Crippen LogP contribution in [0, 0.1) is 0 Å². The van der Waals surface area contributed by atoms with Gasteiger partial charge < -0.3 is 10.8 Å². The van der Waals surface area contributed by atoms with E-state index in [1.54, 1.807) is 0 Å². The number of phenols is 1. The molecule has 0 unspecified atom stereocenters. The molecule has 1 rings (SSSR count). The van der Waals surface area contributed by atoms with Gasteiger partial charge in [-0.15, -0.1) is 0 Å². The third-order valence-corrected chi connectivity index (χ3v) is 3.35. The highest BCUT2D eigenvalue weighted by molar-refractivity contribution is 7.89. The summed E-state index contributed by atoms with van der Waals surface area (Å²) in [5.74, 6) is -0.940. The lowest BCUT2D eigenvalue weighted by molar-refractivity contribution is -0.114. The molecule has 0 fully saturated rings. The fourth-order valence-electron chi connectivity index (χ4n) is 1.00. The third-order valence-electron chi connectivity index (χ3n) is 1.95. The first kappa shape index (κ1) is 13.2. The highest BCUT2D eigenvalue weighted by atomic mass is 32.2. The highest BCUT2D eigenvalue weighted by Crippen LogP contribution is 2.15. The summed E-state index contributed by atoms with van der Waals surface area (Å²) in [7, 11) is -3.79. The van der Waals surface area contributed by atoms with E-state index in [4.69, 9.17) is 10.8 Å². The van der Waals surface area contributed by atoms with Crippen molar-refractivity contribution in [2.24, 2.45) is 5.73 Å². The molecule has 1 aromatic rings. The Bertz CT molecular complexity index is 551. The molecular weight excluding hydrogens is 244 g/mol. The van der Waals surface area contributed by atoms with E-state index in [9.17, 15) is 13.2 Å². The molecule has 6 nitrogen and oxygen atoms in total. The molecule has 0 aliphatic rings. The minimum atomic E-state index is -3.79. The second-order valence-electron chi connectivity index (χ2n) is 3.29. The van der Waals surface area contributed by atoms with Gasteiger partial charge in [0.15, 0.2) is 0 Å². The Morgan fingerprint density at radius 1 is 1.47 bits per heavy atom. The van der Waals surface area contributed by atoms with Gasteiger partial charge in [-0.05, 0) is 18.2 Å². The molecule has 0 spiro atoms. The van der Waals surface area contributed by atoms with Crippen molar-refractivity contribution in [3.63, 3.8) is 0 Å². The first-order valence-electron chi connectivity index (χ1n) is 4.59. The molecule has 0 saturated carbocycles. The lowest BCUT2D eigenvalue weighted by Crippen LogP contribution is -2.29. The normalized spacial score (nSPS) is 11.1. The molecular formula is C10H12N2O4S. The maximum Gasteiger partial charge on any atom is 0.245 e. The van der Waals surface area contributed by atoms with Gasteiger partial charge in [0.05, 0.1) is 4.90 Å². The monoisotopic (exact) mass is 256 g/mol. The molecule has 0 radical (unpaired) electrons. The topological polar surface area (TPSA) is 109 Å². The van der Waals surface area contributed by atoms with Gasteiger partial charge in [0.2, 0.25) is 15.9 Å². The summed E-state index contributed by atoms with van der Waals surface area (Å²) in [6, 6.07) is 5.15.